The number of nitrogens with zero attached hydrogens (tertiary/aromatic N) is 7. The number of aromatic nitrogens is 6. The number of ether oxygens (including phenoxy) is 1. The Morgan fingerprint density at radius 3 is 3.07 bits per heavy atom. The van der Waals surface area contributed by atoms with Gasteiger partial charge in [0.15, 0.2) is 0 Å². The molecule has 0 aliphatic carbocycles. The first-order chi connectivity index (χ1) is 14.8. The molecule has 10 nitrogen and oxygen atoms in total. The van der Waals surface area contributed by atoms with Crippen LogP contribution in [0.2, 0.25) is 0 Å². The number of amides is 1. The van der Waals surface area contributed by atoms with E-state index in [-0.39, 0.29) is 18.6 Å². The van der Waals surface area contributed by atoms with Gasteiger partial charge in [-0.1, -0.05) is 4.85 Å². The Bertz CT molecular complexity index is 1160. The highest BCUT2D eigenvalue weighted by Gasteiger charge is 2.27. The maximum absolute atomic E-state index is 12.9. The summed E-state index contributed by atoms with van der Waals surface area (Å²) in [7, 11) is 0. The standard InChI is InChI=1S/C19H17N7O3S/c27-19(16-12-30-18(22-16)13-3-6-20-7-4-13)25-8-9-28-14(10-25)11-29-26-17-15(23-24-26)2-1-5-21-17/h1-7,12,14H,8-11H2. The van der Waals surface area contributed by atoms with Crippen LogP contribution in [-0.2, 0) is 4.74 Å². The molecule has 0 saturated carbocycles. The molecule has 1 saturated heterocycles. The second kappa shape index (κ2) is 8.13. The van der Waals surface area contributed by atoms with Gasteiger partial charge in [0, 0.05) is 36.1 Å². The Kier molecular flexibility index (Phi) is 5.03. The first-order valence-electron chi connectivity index (χ1n) is 9.34. The highest BCUT2D eigenvalue weighted by Crippen LogP contribution is 2.24. The molecule has 1 atom stereocenters. The van der Waals surface area contributed by atoms with Crippen LogP contribution >= 0.6 is 11.3 Å². The number of rotatable bonds is 5. The average molecular weight is 423 g/mol. The third-order valence-corrected chi connectivity index (χ3v) is 5.53. The number of carbonyl (C=O) groups is 1. The number of carbonyl (C=O) groups excluding carboxylic acids is 1. The van der Waals surface area contributed by atoms with E-state index in [1.54, 1.807) is 41.0 Å². The molecule has 0 radical (unpaired) electrons. The molecule has 1 aliphatic rings. The van der Waals surface area contributed by atoms with Crippen molar-refractivity contribution in [2.75, 3.05) is 26.3 Å². The molecule has 0 spiro atoms. The molecule has 4 aromatic rings. The fraction of sp³-hybridized carbons (Fsp3) is 0.263. The van der Waals surface area contributed by atoms with Gasteiger partial charge in [0.05, 0.1) is 13.2 Å². The summed E-state index contributed by atoms with van der Waals surface area (Å²) in [5, 5.41) is 10.5. The van der Waals surface area contributed by atoms with Gasteiger partial charge in [-0.25, -0.2) is 9.97 Å². The molecular formula is C19H17N7O3S. The summed E-state index contributed by atoms with van der Waals surface area (Å²) in [6, 6.07) is 7.34. The highest BCUT2D eigenvalue weighted by molar-refractivity contribution is 7.13. The summed E-state index contributed by atoms with van der Waals surface area (Å²) >= 11 is 1.44. The quantitative estimate of drug-likeness (QED) is 0.473. The largest absolute Gasteiger partial charge is 0.391 e. The van der Waals surface area contributed by atoms with Gasteiger partial charge < -0.3 is 14.5 Å². The maximum atomic E-state index is 12.9. The average Bonchev–Trinajstić information content (AvgIpc) is 3.46. The molecule has 1 aliphatic heterocycles. The predicted octanol–water partition coefficient (Wildman–Crippen LogP) is 1.31. The predicted molar refractivity (Wildman–Crippen MR) is 108 cm³/mol. The van der Waals surface area contributed by atoms with E-state index < -0.39 is 0 Å². The Morgan fingerprint density at radius 2 is 2.17 bits per heavy atom. The fourth-order valence-corrected chi connectivity index (χ4v) is 3.95. The van der Waals surface area contributed by atoms with Crippen molar-refractivity contribution in [2.24, 2.45) is 0 Å². The summed E-state index contributed by atoms with van der Waals surface area (Å²) < 4.78 is 5.75. The minimum absolute atomic E-state index is 0.118. The van der Waals surface area contributed by atoms with Crippen molar-refractivity contribution in [3.63, 3.8) is 0 Å². The number of morpholine rings is 1. The van der Waals surface area contributed by atoms with Gasteiger partial charge in [-0.3, -0.25) is 9.78 Å². The Hall–Kier alpha value is -3.44. The lowest BCUT2D eigenvalue weighted by atomic mass is 10.2. The number of hydrogen-bond acceptors (Lipinski definition) is 9. The van der Waals surface area contributed by atoms with Crippen LogP contribution in [-0.4, -0.2) is 73.3 Å². The number of hydrogen-bond donors (Lipinski definition) is 0. The summed E-state index contributed by atoms with van der Waals surface area (Å²) in [5.41, 5.74) is 2.55. The molecule has 5 rings (SSSR count). The van der Waals surface area contributed by atoms with E-state index in [0.29, 0.717) is 36.6 Å². The minimum atomic E-state index is -0.288. The lowest BCUT2D eigenvalue weighted by Gasteiger charge is -2.32. The van der Waals surface area contributed by atoms with Crippen LogP contribution < -0.4 is 4.84 Å². The normalized spacial score (nSPS) is 16.7. The van der Waals surface area contributed by atoms with E-state index in [1.807, 2.05) is 12.1 Å². The van der Waals surface area contributed by atoms with Crippen molar-refractivity contribution < 1.29 is 14.4 Å². The summed E-state index contributed by atoms with van der Waals surface area (Å²) in [6.45, 7) is 1.56. The van der Waals surface area contributed by atoms with Gasteiger partial charge >= 0.3 is 0 Å². The lowest BCUT2D eigenvalue weighted by molar-refractivity contribution is -0.0681. The topological polar surface area (TPSA) is 108 Å². The molecule has 1 unspecified atom stereocenters. The van der Waals surface area contributed by atoms with Gasteiger partial charge in [0.25, 0.3) is 5.91 Å². The molecule has 5 heterocycles. The van der Waals surface area contributed by atoms with Crippen LogP contribution in [0.15, 0.2) is 48.2 Å². The molecule has 152 valence electrons. The van der Waals surface area contributed by atoms with Crippen molar-refractivity contribution in [3.05, 3.63) is 53.9 Å². The summed E-state index contributed by atoms with van der Waals surface area (Å²) in [6.07, 6.45) is 4.78. The molecule has 11 heteroatoms. The van der Waals surface area contributed by atoms with E-state index in [4.69, 9.17) is 9.57 Å². The zero-order valence-corrected chi connectivity index (χ0v) is 16.6. The van der Waals surface area contributed by atoms with Gasteiger partial charge in [0.2, 0.25) is 5.65 Å². The molecule has 0 bridgehead atoms. The zero-order chi connectivity index (χ0) is 20.3. The van der Waals surface area contributed by atoms with Gasteiger partial charge in [-0.05, 0) is 29.5 Å². The van der Waals surface area contributed by atoms with E-state index in [9.17, 15) is 4.79 Å². The van der Waals surface area contributed by atoms with Gasteiger partial charge in [-0.15, -0.1) is 16.4 Å². The second-order valence-electron chi connectivity index (χ2n) is 6.62. The van der Waals surface area contributed by atoms with Gasteiger partial charge in [-0.2, -0.15) is 0 Å². The monoisotopic (exact) mass is 423 g/mol. The lowest BCUT2D eigenvalue weighted by Crippen LogP contribution is -2.48. The van der Waals surface area contributed by atoms with Crippen LogP contribution in [0.4, 0.5) is 0 Å². The number of pyridine rings is 2. The Labute approximate surface area is 175 Å². The minimum Gasteiger partial charge on any atom is -0.391 e. The van der Waals surface area contributed by atoms with E-state index in [2.05, 4.69) is 25.3 Å². The van der Waals surface area contributed by atoms with E-state index in [1.165, 1.54) is 16.2 Å². The molecule has 30 heavy (non-hydrogen) atoms. The Balaban J connectivity index is 1.23. The van der Waals surface area contributed by atoms with Crippen molar-refractivity contribution in [1.82, 2.24) is 35.0 Å². The zero-order valence-electron chi connectivity index (χ0n) is 15.8. The second-order valence-corrected chi connectivity index (χ2v) is 7.48. The van der Waals surface area contributed by atoms with Crippen LogP contribution in [0.1, 0.15) is 10.5 Å². The third-order valence-electron chi connectivity index (χ3n) is 4.64. The number of fused-ring (bicyclic) bond motifs is 1. The Morgan fingerprint density at radius 1 is 1.27 bits per heavy atom. The van der Waals surface area contributed by atoms with Gasteiger partial charge in [0.1, 0.15) is 28.9 Å². The summed E-state index contributed by atoms with van der Waals surface area (Å²) in [5.74, 6) is -0.118. The molecular weight excluding hydrogens is 406 g/mol. The summed E-state index contributed by atoms with van der Waals surface area (Å²) in [4.78, 5) is 34.3. The fourth-order valence-electron chi connectivity index (χ4n) is 3.15. The van der Waals surface area contributed by atoms with Crippen molar-refractivity contribution in [2.45, 2.75) is 6.10 Å². The smallest absolute Gasteiger partial charge is 0.273 e. The molecule has 0 aromatic carbocycles. The van der Waals surface area contributed by atoms with Crippen LogP contribution in [0.25, 0.3) is 21.7 Å². The molecule has 1 amide bonds. The highest BCUT2D eigenvalue weighted by atomic mass is 32.1. The molecule has 0 N–H and O–H groups in total. The molecule has 1 fully saturated rings. The van der Waals surface area contributed by atoms with Crippen molar-refractivity contribution >= 4 is 28.4 Å². The van der Waals surface area contributed by atoms with Crippen LogP contribution in [0.5, 0.6) is 0 Å². The number of thiazole rings is 1. The van der Waals surface area contributed by atoms with Crippen LogP contribution in [0, 0.1) is 0 Å². The SMILES string of the molecule is O=C(c1csc(-c2ccncc2)n1)N1CCOC(COn2nnc3cccnc32)C1. The van der Waals surface area contributed by atoms with Crippen molar-refractivity contribution in [1.29, 1.82) is 0 Å². The third kappa shape index (κ3) is 3.72. The van der Waals surface area contributed by atoms with Crippen LogP contribution in [0.3, 0.4) is 0 Å². The van der Waals surface area contributed by atoms with Crippen molar-refractivity contribution in [3.8, 4) is 10.6 Å². The molecule has 4 aromatic heterocycles. The maximum Gasteiger partial charge on any atom is 0.273 e. The van der Waals surface area contributed by atoms with E-state index >= 15 is 0 Å². The first-order valence-corrected chi connectivity index (χ1v) is 10.2. The van der Waals surface area contributed by atoms with E-state index in [0.717, 1.165) is 10.6 Å². The first kappa shape index (κ1) is 18.6.